The number of aryl methyl sites for hydroxylation is 2. The number of halogens is 8. The van der Waals surface area contributed by atoms with Crippen molar-refractivity contribution < 1.29 is 55.4 Å². The van der Waals surface area contributed by atoms with Crippen molar-refractivity contribution >= 4 is 46.2 Å². The maximum Gasteiger partial charge on any atom is 0.490 e. The molecule has 0 saturated carbocycles. The van der Waals surface area contributed by atoms with Gasteiger partial charge in [-0.3, -0.25) is 9.55 Å². The molecule has 42 heavy (non-hydrogen) atoms. The zero-order valence-corrected chi connectivity index (χ0v) is 22.4. The molecule has 0 amide bonds. The number of hydrogen-bond donors (Lipinski definition) is 3. The van der Waals surface area contributed by atoms with Gasteiger partial charge >= 0.3 is 30.0 Å². The van der Waals surface area contributed by atoms with Crippen LogP contribution in [0.1, 0.15) is 23.2 Å². The Hall–Kier alpha value is -4.25. The lowest BCUT2D eigenvalue weighted by Gasteiger charge is -2.27. The number of imidazole rings is 1. The van der Waals surface area contributed by atoms with Crippen LogP contribution in [0.3, 0.4) is 0 Å². The van der Waals surface area contributed by atoms with Crippen molar-refractivity contribution in [3.05, 3.63) is 62.1 Å². The van der Waals surface area contributed by atoms with E-state index in [0.29, 0.717) is 39.4 Å². The summed E-state index contributed by atoms with van der Waals surface area (Å²) in [7, 11) is 0. The van der Waals surface area contributed by atoms with Crippen molar-refractivity contribution in [2.24, 2.45) is 0 Å². The van der Waals surface area contributed by atoms with E-state index in [1.54, 1.807) is 17.7 Å². The van der Waals surface area contributed by atoms with Crippen molar-refractivity contribution in [1.29, 1.82) is 0 Å². The fourth-order valence-electron chi connectivity index (χ4n) is 3.80. The summed E-state index contributed by atoms with van der Waals surface area (Å²) in [5.74, 6) is -4.45. The lowest BCUT2D eigenvalue weighted by atomic mass is 10.0. The maximum atomic E-state index is 12.8. The molecular weight excluding hydrogens is 629 g/mol. The van der Waals surface area contributed by atoms with E-state index in [1.165, 1.54) is 0 Å². The van der Waals surface area contributed by atoms with E-state index in [4.69, 9.17) is 52.3 Å². The highest BCUT2D eigenvalue weighted by molar-refractivity contribution is 6.47. The van der Waals surface area contributed by atoms with Gasteiger partial charge in [-0.1, -0.05) is 34.4 Å². The summed E-state index contributed by atoms with van der Waals surface area (Å²) in [5.41, 5.74) is 3.35. The third kappa shape index (κ3) is 6.46. The summed E-state index contributed by atoms with van der Waals surface area (Å²) >= 11 is 13.2. The molecule has 1 aromatic carbocycles. The Morgan fingerprint density at radius 1 is 1.02 bits per heavy atom. The first-order valence-corrected chi connectivity index (χ1v) is 11.9. The molecule has 19 heteroatoms. The molecule has 0 radical (unpaired) electrons. The largest absolute Gasteiger partial charge is 0.490 e. The molecule has 11 nitrogen and oxygen atoms in total. The molecule has 4 heterocycles. The number of aromatic nitrogens is 4. The van der Waals surface area contributed by atoms with Gasteiger partial charge in [0.05, 0.1) is 38.1 Å². The Kier molecular flexibility index (Phi) is 9.16. The molecule has 4 aromatic rings. The number of hydrogen-bond acceptors (Lipinski definition) is 7. The van der Waals surface area contributed by atoms with E-state index in [0.717, 1.165) is 5.69 Å². The number of H-pyrrole nitrogens is 1. The van der Waals surface area contributed by atoms with Crippen LogP contribution in [0.2, 0.25) is 10.0 Å². The van der Waals surface area contributed by atoms with Gasteiger partial charge in [-0.05, 0) is 26.0 Å². The molecule has 0 aliphatic carbocycles. The first-order valence-electron chi connectivity index (χ1n) is 11.1. The average Bonchev–Trinajstić information content (AvgIpc) is 3.42. The number of aliphatic carboxylic acids is 2. The van der Waals surface area contributed by atoms with E-state index in [2.05, 4.69) is 15.1 Å². The number of carboxylic acids is 2. The van der Waals surface area contributed by atoms with Gasteiger partial charge in [0.25, 0.3) is 0 Å². The quantitative estimate of drug-likeness (QED) is 0.238. The number of nitrogens with one attached hydrogen (secondary N) is 1. The van der Waals surface area contributed by atoms with Gasteiger partial charge in [0.1, 0.15) is 23.9 Å². The number of ether oxygens (including phenoxy) is 1. The third-order valence-corrected chi connectivity index (χ3v) is 6.35. The van der Waals surface area contributed by atoms with Crippen molar-refractivity contribution in [1.82, 2.24) is 19.7 Å². The minimum Gasteiger partial charge on any atom is -0.488 e. The van der Waals surface area contributed by atoms with E-state index in [-0.39, 0.29) is 28.4 Å². The Labute approximate surface area is 239 Å². The second-order valence-electron chi connectivity index (χ2n) is 8.24. The van der Waals surface area contributed by atoms with Crippen LogP contribution in [-0.4, -0.2) is 60.8 Å². The molecular formula is C23H16Cl2F6N4O7. The van der Waals surface area contributed by atoms with Crippen LogP contribution < -0.4 is 10.4 Å². The molecule has 1 atom stereocenters. The second kappa shape index (κ2) is 11.9. The Balaban J connectivity index is 0.000000289. The van der Waals surface area contributed by atoms with E-state index >= 15 is 0 Å². The topological polar surface area (TPSA) is 161 Å². The molecule has 3 N–H and O–H groups in total. The molecule has 3 aromatic heterocycles. The number of benzene rings is 1. The van der Waals surface area contributed by atoms with Crippen LogP contribution in [-0.2, 0) is 9.59 Å². The summed E-state index contributed by atoms with van der Waals surface area (Å²) in [6.07, 6.45) is -8.48. The fraction of sp³-hybridized carbons (Fsp3) is 0.261. The van der Waals surface area contributed by atoms with Gasteiger partial charge in [-0.2, -0.15) is 26.3 Å². The number of nitrogens with zero attached hydrogens (tertiary/aromatic N) is 3. The van der Waals surface area contributed by atoms with Crippen molar-refractivity contribution in [2.75, 3.05) is 6.61 Å². The lowest BCUT2D eigenvalue weighted by Crippen LogP contribution is -2.31. The Bertz CT molecular complexity index is 1650. The summed E-state index contributed by atoms with van der Waals surface area (Å²) in [6, 6.07) is 5.17. The molecule has 5 rings (SSSR count). The maximum absolute atomic E-state index is 12.8. The highest BCUT2D eigenvalue weighted by Crippen LogP contribution is 2.50. The highest BCUT2D eigenvalue weighted by atomic mass is 35.5. The third-order valence-electron chi connectivity index (χ3n) is 5.50. The molecule has 0 bridgehead atoms. The smallest absolute Gasteiger partial charge is 0.488 e. The van der Waals surface area contributed by atoms with Crippen LogP contribution in [0.25, 0.3) is 22.2 Å². The molecule has 0 unspecified atom stereocenters. The van der Waals surface area contributed by atoms with Crippen LogP contribution in [0.5, 0.6) is 5.75 Å². The van der Waals surface area contributed by atoms with Crippen molar-refractivity contribution in [2.45, 2.75) is 32.2 Å². The number of aromatic amines is 1. The van der Waals surface area contributed by atoms with Gasteiger partial charge in [0.2, 0.25) is 0 Å². The Morgan fingerprint density at radius 3 is 2.05 bits per heavy atom. The van der Waals surface area contributed by atoms with Gasteiger partial charge in [-0.25, -0.2) is 14.4 Å². The predicted molar refractivity (Wildman–Crippen MR) is 133 cm³/mol. The summed E-state index contributed by atoms with van der Waals surface area (Å²) in [5, 5.41) is 18.8. The van der Waals surface area contributed by atoms with E-state index < -0.39 is 24.3 Å². The van der Waals surface area contributed by atoms with Gasteiger partial charge in [0.15, 0.2) is 5.75 Å². The number of alkyl halides is 6. The number of carboxylic acid groups (broad SMARTS) is 2. The monoisotopic (exact) mass is 644 g/mol. The van der Waals surface area contributed by atoms with E-state index in [9.17, 15) is 31.1 Å². The SMILES string of the molecule is Cc1noc(C)c1-c1c(Cl)c(Cl)c2[nH]c(=O)n3c2c1OC[C@@H]3c1ccccn1.O=C(O)C(F)(F)F.O=C(O)C(F)(F)F. The first-order chi connectivity index (χ1) is 19.4. The fourth-order valence-corrected chi connectivity index (χ4v) is 4.30. The zero-order chi connectivity index (χ0) is 31.7. The molecule has 1 aliphatic rings. The number of rotatable bonds is 2. The number of pyridine rings is 1. The molecule has 1 aliphatic heterocycles. The summed E-state index contributed by atoms with van der Waals surface area (Å²) < 4.78 is 76.5. The zero-order valence-electron chi connectivity index (χ0n) is 20.9. The second-order valence-corrected chi connectivity index (χ2v) is 9.00. The van der Waals surface area contributed by atoms with E-state index in [1.807, 2.05) is 25.1 Å². The molecule has 0 fully saturated rings. The minimum absolute atomic E-state index is 0.227. The highest BCUT2D eigenvalue weighted by Gasteiger charge is 2.39. The molecule has 0 saturated heterocycles. The Morgan fingerprint density at radius 2 is 1.60 bits per heavy atom. The molecule has 0 spiro atoms. The molecule has 226 valence electrons. The average molecular weight is 645 g/mol. The van der Waals surface area contributed by atoms with Crippen LogP contribution in [0.15, 0.2) is 33.7 Å². The first kappa shape index (κ1) is 32.3. The summed E-state index contributed by atoms with van der Waals surface area (Å²) in [6.45, 7) is 3.84. The van der Waals surface area contributed by atoms with Crippen LogP contribution in [0.4, 0.5) is 26.3 Å². The van der Waals surface area contributed by atoms with Crippen LogP contribution >= 0.6 is 23.2 Å². The van der Waals surface area contributed by atoms with Crippen molar-refractivity contribution in [3.63, 3.8) is 0 Å². The standard InChI is InChI=1S/C19H14Cl2N4O3.2C2HF3O2/c1-8-12(9(2)28-24-8)13-14(20)15(21)16-17-18(13)27-7-11(25(17)19(26)23-16)10-5-3-4-6-22-10;2*3-2(4,5)1(6)7/h3-6,11H,7H2,1-2H3,(H,23,26);2*(H,6,7)/t11-;;/m1../s1. The van der Waals surface area contributed by atoms with Crippen molar-refractivity contribution in [3.8, 4) is 16.9 Å². The van der Waals surface area contributed by atoms with Crippen LogP contribution in [0, 0.1) is 13.8 Å². The van der Waals surface area contributed by atoms with Gasteiger partial charge in [-0.15, -0.1) is 0 Å². The normalized spacial score (nSPS) is 14.3. The minimum atomic E-state index is -5.08. The van der Waals surface area contributed by atoms with Gasteiger partial charge < -0.3 is 24.5 Å². The lowest BCUT2D eigenvalue weighted by molar-refractivity contribution is -0.193. The number of carbonyl (C=O) groups is 2. The van der Waals surface area contributed by atoms with Gasteiger partial charge in [0, 0.05) is 6.20 Å². The predicted octanol–water partition coefficient (Wildman–Crippen LogP) is 5.55. The summed E-state index contributed by atoms with van der Waals surface area (Å²) in [4.78, 5) is 37.8.